The Morgan fingerprint density at radius 1 is 1.06 bits per heavy atom. The third kappa shape index (κ3) is 7.80. The highest BCUT2D eigenvalue weighted by atomic mass is 16.5. The molecule has 0 heterocycles. The summed E-state index contributed by atoms with van der Waals surface area (Å²) >= 11 is 0. The molecule has 0 spiro atoms. The number of carbonyl (C=O) groups is 3. The molecule has 0 bridgehead atoms. The molecule has 0 atom stereocenters. The first-order valence-corrected chi connectivity index (χ1v) is 10.3. The number of hydrogen-bond acceptors (Lipinski definition) is 6. The second-order valence-corrected chi connectivity index (χ2v) is 6.92. The fourth-order valence-corrected chi connectivity index (χ4v) is 2.67. The Morgan fingerprint density at radius 3 is 2.58 bits per heavy atom. The standard InChI is InChI=1S/C24H28N4O5/c1-5-12-25-23(30)24(31)28-26-14-18-10-11-20(21(13-18)32-6-2)33-15-22(29)27-19-9-7-8-16(3)17(19)4/h5,7-11,13-14H,1,6,12,15H2,2-4H3,(H,25,30)(H,27,29)(H,28,31)/b26-14-. The van der Waals surface area contributed by atoms with E-state index in [1.54, 1.807) is 18.2 Å². The van der Waals surface area contributed by atoms with E-state index in [1.807, 2.05) is 39.0 Å². The Hall–Kier alpha value is -4.14. The molecule has 0 saturated carbocycles. The molecule has 2 aromatic rings. The quantitative estimate of drug-likeness (QED) is 0.222. The number of anilines is 1. The van der Waals surface area contributed by atoms with E-state index in [-0.39, 0.29) is 19.1 Å². The van der Waals surface area contributed by atoms with Crippen LogP contribution in [0.25, 0.3) is 0 Å². The number of nitrogens with zero attached hydrogens (tertiary/aromatic N) is 1. The minimum absolute atomic E-state index is 0.178. The number of ether oxygens (including phenoxy) is 2. The van der Waals surface area contributed by atoms with Crippen LogP contribution < -0.4 is 25.5 Å². The van der Waals surface area contributed by atoms with Crippen molar-refractivity contribution in [3.8, 4) is 11.5 Å². The van der Waals surface area contributed by atoms with Crippen LogP contribution in [0.2, 0.25) is 0 Å². The van der Waals surface area contributed by atoms with E-state index < -0.39 is 11.8 Å². The van der Waals surface area contributed by atoms with Gasteiger partial charge in [0.25, 0.3) is 5.91 Å². The van der Waals surface area contributed by atoms with Crippen molar-refractivity contribution in [2.75, 3.05) is 25.1 Å². The highest BCUT2D eigenvalue weighted by Crippen LogP contribution is 2.28. The fourth-order valence-electron chi connectivity index (χ4n) is 2.67. The topological polar surface area (TPSA) is 118 Å². The lowest BCUT2D eigenvalue weighted by Gasteiger charge is -2.14. The van der Waals surface area contributed by atoms with Gasteiger partial charge in [0.1, 0.15) is 0 Å². The minimum atomic E-state index is -0.895. The number of amides is 3. The van der Waals surface area contributed by atoms with Crippen molar-refractivity contribution in [3.63, 3.8) is 0 Å². The Kier molecular flexibility index (Phi) is 9.63. The average Bonchev–Trinajstić information content (AvgIpc) is 2.80. The van der Waals surface area contributed by atoms with Crippen molar-refractivity contribution in [2.24, 2.45) is 5.10 Å². The van der Waals surface area contributed by atoms with Crippen molar-refractivity contribution < 1.29 is 23.9 Å². The van der Waals surface area contributed by atoms with Gasteiger partial charge in [-0.1, -0.05) is 18.2 Å². The van der Waals surface area contributed by atoms with E-state index in [1.165, 1.54) is 12.3 Å². The van der Waals surface area contributed by atoms with Crippen LogP contribution >= 0.6 is 0 Å². The number of nitrogens with one attached hydrogen (secondary N) is 3. The zero-order valence-electron chi connectivity index (χ0n) is 18.9. The van der Waals surface area contributed by atoms with Gasteiger partial charge in [-0.05, 0) is 61.7 Å². The summed E-state index contributed by atoms with van der Waals surface area (Å²) in [4.78, 5) is 35.5. The molecule has 174 valence electrons. The Labute approximate surface area is 192 Å². The fraction of sp³-hybridized carbons (Fsp3) is 0.250. The monoisotopic (exact) mass is 452 g/mol. The van der Waals surface area contributed by atoms with Gasteiger partial charge in [0.15, 0.2) is 18.1 Å². The number of hydrogen-bond donors (Lipinski definition) is 3. The lowest BCUT2D eigenvalue weighted by Crippen LogP contribution is -2.37. The van der Waals surface area contributed by atoms with Gasteiger partial charge < -0.3 is 20.1 Å². The molecule has 0 saturated heterocycles. The predicted octanol–water partition coefficient (Wildman–Crippen LogP) is 2.47. The molecule has 0 unspecified atom stereocenters. The molecule has 9 heteroatoms. The Bertz CT molecular complexity index is 1050. The summed E-state index contributed by atoms with van der Waals surface area (Å²) in [6.07, 6.45) is 2.82. The molecule has 9 nitrogen and oxygen atoms in total. The van der Waals surface area contributed by atoms with E-state index in [0.29, 0.717) is 23.7 Å². The molecule has 0 fully saturated rings. The number of rotatable bonds is 10. The number of aryl methyl sites for hydroxylation is 1. The Morgan fingerprint density at radius 2 is 1.85 bits per heavy atom. The van der Waals surface area contributed by atoms with Gasteiger partial charge in [-0.25, -0.2) is 5.43 Å². The van der Waals surface area contributed by atoms with Crippen LogP contribution in [-0.2, 0) is 14.4 Å². The maximum Gasteiger partial charge on any atom is 0.329 e. The van der Waals surface area contributed by atoms with Crippen LogP contribution in [0.3, 0.4) is 0 Å². The van der Waals surface area contributed by atoms with Gasteiger partial charge in [0.05, 0.1) is 12.8 Å². The number of benzene rings is 2. The molecule has 3 amide bonds. The molecule has 0 radical (unpaired) electrons. The summed E-state index contributed by atoms with van der Waals surface area (Å²) in [6, 6.07) is 10.6. The summed E-state index contributed by atoms with van der Waals surface area (Å²) < 4.78 is 11.2. The normalized spacial score (nSPS) is 10.4. The molecular formula is C24H28N4O5. The first-order valence-electron chi connectivity index (χ1n) is 10.3. The number of carbonyl (C=O) groups excluding carboxylic acids is 3. The second kappa shape index (κ2) is 12.7. The van der Waals surface area contributed by atoms with Crippen LogP contribution in [0.15, 0.2) is 54.2 Å². The summed E-state index contributed by atoms with van der Waals surface area (Å²) in [5, 5.41) is 8.95. The minimum Gasteiger partial charge on any atom is -0.490 e. The van der Waals surface area contributed by atoms with Gasteiger partial charge in [0, 0.05) is 12.2 Å². The van der Waals surface area contributed by atoms with Crippen molar-refractivity contribution >= 4 is 29.6 Å². The van der Waals surface area contributed by atoms with Crippen molar-refractivity contribution in [1.29, 1.82) is 0 Å². The zero-order chi connectivity index (χ0) is 24.2. The van der Waals surface area contributed by atoms with E-state index in [9.17, 15) is 14.4 Å². The average molecular weight is 453 g/mol. The van der Waals surface area contributed by atoms with E-state index >= 15 is 0 Å². The van der Waals surface area contributed by atoms with Gasteiger partial charge in [-0.2, -0.15) is 5.10 Å². The molecule has 0 aliphatic rings. The molecule has 2 aromatic carbocycles. The van der Waals surface area contributed by atoms with Crippen LogP contribution in [0.1, 0.15) is 23.6 Å². The van der Waals surface area contributed by atoms with Gasteiger partial charge in [0.2, 0.25) is 0 Å². The molecule has 0 aliphatic heterocycles. The molecule has 0 aliphatic carbocycles. The van der Waals surface area contributed by atoms with Crippen molar-refractivity contribution in [3.05, 3.63) is 65.7 Å². The maximum absolute atomic E-state index is 12.3. The van der Waals surface area contributed by atoms with Crippen LogP contribution in [-0.4, -0.2) is 43.7 Å². The van der Waals surface area contributed by atoms with E-state index in [4.69, 9.17) is 9.47 Å². The highest BCUT2D eigenvalue weighted by molar-refractivity contribution is 6.35. The van der Waals surface area contributed by atoms with E-state index in [2.05, 4.69) is 27.7 Å². The van der Waals surface area contributed by atoms with Gasteiger partial charge in [-0.15, -0.1) is 6.58 Å². The maximum atomic E-state index is 12.3. The molecule has 3 N–H and O–H groups in total. The first-order chi connectivity index (χ1) is 15.8. The van der Waals surface area contributed by atoms with Crippen LogP contribution in [0.5, 0.6) is 11.5 Å². The predicted molar refractivity (Wildman–Crippen MR) is 127 cm³/mol. The molecular weight excluding hydrogens is 424 g/mol. The third-order valence-electron chi connectivity index (χ3n) is 4.50. The molecule has 0 aromatic heterocycles. The second-order valence-electron chi connectivity index (χ2n) is 6.92. The Balaban J connectivity index is 1.99. The SMILES string of the molecule is C=CCNC(=O)C(=O)N/N=C\c1ccc(OCC(=O)Nc2cccc(C)c2C)c(OCC)c1. The lowest BCUT2D eigenvalue weighted by atomic mass is 10.1. The smallest absolute Gasteiger partial charge is 0.329 e. The van der Waals surface area contributed by atoms with Crippen molar-refractivity contribution in [1.82, 2.24) is 10.7 Å². The van der Waals surface area contributed by atoms with Gasteiger partial charge in [-0.3, -0.25) is 14.4 Å². The first kappa shape index (κ1) is 25.1. The van der Waals surface area contributed by atoms with Crippen LogP contribution in [0.4, 0.5) is 5.69 Å². The number of hydrazone groups is 1. The van der Waals surface area contributed by atoms with E-state index in [0.717, 1.165) is 16.8 Å². The largest absolute Gasteiger partial charge is 0.490 e. The third-order valence-corrected chi connectivity index (χ3v) is 4.50. The molecule has 33 heavy (non-hydrogen) atoms. The van der Waals surface area contributed by atoms with Crippen LogP contribution in [0, 0.1) is 13.8 Å². The zero-order valence-corrected chi connectivity index (χ0v) is 18.9. The van der Waals surface area contributed by atoms with Crippen molar-refractivity contribution in [2.45, 2.75) is 20.8 Å². The molecule has 2 rings (SSSR count). The highest BCUT2D eigenvalue weighted by Gasteiger charge is 2.12. The summed E-state index contributed by atoms with van der Waals surface area (Å²) in [7, 11) is 0. The summed E-state index contributed by atoms with van der Waals surface area (Å²) in [5.74, 6) is -1.21. The van der Waals surface area contributed by atoms with Gasteiger partial charge >= 0.3 is 11.8 Å². The summed E-state index contributed by atoms with van der Waals surface area (Å²) in [6.45, 7) is 9.55. The lowest BCUT2D eigenvalue weighted by molar-refractivity contribution is -0.139. The summed E-state index contributed by atoms with van der Waals surface area (Å²) in [5.41, 5.74) is 5.54.